The fraction of sp³-hybridized carbons (Fsp3) is 0.412. The van der Waals surface area contributed by atoms with Crippen LogP contribution in [0.15, 0.2) is 30.5 Å². The van der Waals surface area contributed by atoms with Gasteiger partial charge < -0.3 is 16.5 Å². The van der Waals surface area contributed by atoms with Crippen molar-refractivity contribution in [1.82, 2.24) is 9.97 Å². The monoisotopic (exact) mass is 298 g/mol. The van der Waals surface area contributed by atoms with Gasteiger partial charge in [-0.2, -0.15) is 0 Å². The molecule has 1 fully saturated rings. The van der Waals surface area contributed by atoms with Gasteiger partial charge >= 0.3 is 0 Å². The van der Waals surface area contributed by atoms with Gasteiger partial charge in [-0.25, -0.2) is 4.98 Å². The van der Waals surface area contributed by atoms with E-state index in [0.717, 1.165) is 11.3 Å². The number of hydrogen-bond donors (Lipinski definition) is 3. The Kier molecular flexibility index (Phi) is 4.13. The number of anilines is 1. The van der Waals surface area contributed by atoms with Crippen LogP contribution < -0.4 is 11.5 Å². The molecule has 1 aliphatic carbocycles. The summed E-state index contributed by atoms with van der Waals surface area (Å²) in [5.74, 6) is 0.938. The molecule has 1 saturated carbocycles. The SMILES string of the molecule is NC(=O)CC(c1cccc(-c2cnc(N)[nH]2)c1)C1CCCC1. The summed E-state index contributed by atoms with van der Waals surface area (Å²) in [6, 6.07) is 8.26. The van der Waals surface area contributed by atoms with Crippen LogP contribution in [0.4, 0.5) is 5.95 Å². The Balaban J connectivity index is 1.91. The van der Waals surface area contributed by atoms with Crippen molar-refractivity contribution in [2.45, 2.75) is 38.0 Å². The molecule has 2 aromatic rings. The van der Waals surface area contributed by atoms with Gasteiger partial charge in [0.1, 0.15) is 0 Å². The number of nitrogen functional groups attached to an aromatic ring is 1. The molecule has 1 unspecified atom stereocenters. The number of H-pyrrole nitrogens is 1. The zero-order valence-corrected chi connectivity index (χ0v) is 12.6. The highest BCUT2D eigenvalue weighted by molar-refractivity contribution is 5.75. The quantitative estimate of drug-likeness (QED) is 0.791. The third-order valence-electron chi connectivity index (χ3n) is 4.61. The van der Waals surface area contributed by atoms with Gasteiger partial charge in [0.2, 0.25) is 5.91 Å². The summed E-state index contributed by atoms with van der Waals surface area (Å²) < 4.78 is 0. The van der Waals surface area contributed by atoms with Crippen molar-refractivity contribution in [3.8, 4) is 11.3 Å². The van der Waals surface area contributed by atoms with Crippen LogP contribution in [0.1, 0.15) is 43.6 Å². The number of rotatable bonds is 5. The number of carbonyl (C=O) groups is 1. The molecule has 1 aliphatic rings. The second-order valence-corrected chi connectivity index (χ2v) is 6.13. The fourth-order valence-corrected chi connectivity index (χ4v) is 3.55. The number of imidazole rings is 1. The predicted molar refractivity (Wildman–Crippen MR) is 86.9 cm³/mol. The summed E-state index contributed by atoms with van der Waals surface area (Å²) in [6.45, 7) is 0. The molecule has 0 saturated heterocycles. The minimum atomic E-state index is -0.229. The van der Waals surface area contributed by atoms with Crippen LogP contribution in [-0.2, 0) is 4.79 Å². The first-order valence-corrected chi connectivity index (χ1v) is 7.82. The van der Waals surface area contributed by atoms with Crippen LogP contribution in [0.5, 0.6) is 0 Å². The van der Waals surface area contributed by atoms with Crippen molar-refractivity contribution in [3.05, 3.63) is 36.0 Å². The second-order valence-electron chi connectivity index (χ2n) is 6.13. The average Bonchev–Trinajstić information content (AvgIpc) is 3.16. The molecule has 0 spiro atoms. The molecule has 22 heavy (non-hydrogen) atoms. The number of carbonyl (C=O) groups excluding carboxylic acids is 1. The van der Waals surface area contributed by atoms with Gasteiger partial charge in [0.25, 0.3) is 0 Å². The van der Waals surface area contributed by atoms with Crippen LogP contribution in [0, 0.1) is 5.92 Å². The van der Waals surface area contributed by atoms with Crippen molar-refractivity contribution in [2.24, 2.45) is 11.7 Å². The zero-order chi connectivity index (χ0) is 15.5. The van der Waals surface area contributed by atoms with Crippen LogP contribution in [0.3, 0.4) is 0 Å². The smallest absolute Gasteiger partial charge is 0.218 e. The molecule has 5 nitrogen and oxygen atoms in total. The molecular formula is C17H22N4O. The van der Waals surface area contributed by atoms with Crippen LogP contribution in [0.25, 0.3) is 11.3 Å². The van der Waals surface area contributed by atoms with Crippen molar-refractivity contribution >= 4 is 11.9 Å². The molecule has 1 heterocycles. The van der Waals surface area contributed by atoms with E-state index in [-0.39, 0.29) is 11.8 Å². The number of nitrogens with zero attached hydrogens (tertiary/aromatic N) is 1. The van der Waals surface area contributed by atoms with E-state index in [1.807, 2.05) is 12.1 Å². The minimum absolute atomic E-state index is 0.209. The molecule has 1 aromatic carbocycles. The molecular weight excluding hydrogens is 276 g/mol. The van der Waals surface area contributed by atoms with Gasteiger partial charge in [0, 0.05) is 6.42 Å². The Morgan fingerprint density at radius 2 is 2.14 bits per heavy atom. The van der Waals surface area contributed by atoms with Gasteiger partial charge in [-0.3, -0.25) is 4.79 Å². The number of primary amides is 1. The second kappa shape index (κ2) is 6.22. The Bertz CT molecular complexity index is 658. The predicted octanol–water partition coefficient (Wildman–Crippen LogP) is 2.81. The molecule has 0 radical (unpaired) electrons. The average molecular weight is 298 g/mol. The molecule has 1 atom stereocenters. The first-order chi connectivity index (χ1) is 10.6. The topological polar surface area (TPSA) is 97.8 Å². The lowest BCUT2D eigenvalue weighted by Crippen LogP contribution is -2.20. The van der Waals surface area contributed by atoms with Crippen molar-refractivity contribution < 1.29 is 4.79 Å². The highest BCUT2D eigenvalue weighted by Gasteiger charge is 2.27. The summed E-state index contributed by atoms with van der Waals surface area (Å²) in [4.78, 5) is 18.6. The van der Waals surface area contributed by atoms with Crippen molar-refractivity contribution in [2.75, 3.05) is 5.73 Å². The van der Waals surface area contributed by atoms with E-state index < -0.39 is 0 Å². The Labute approximate surface area is 130 Å². The Morgan fingerprint density at radius 3 is 2.77 bits per heavy atom. The largest absolute Gasteiger partial charge is 0.370 e. The number of aromatic amines is 1. The highest BCUT2D eigenvalue weighted by atomic mass is 16.1. The number of nitrogens with one attached hydrogen (secondary N) is 1. The highest BCUT2D eigenvalue weighted by Crippen LogP contribution is 2.40. The zero-order valence-electron chi connectivity index (χ0n) is 12.6. The van der Waals surface area contributed by atoms with Gasteiger partial charge in [-0.05, 0) is 41.9 Å². The number of aromatic nitrogens is 2. The van der Waals surface area contributed by atoms with Crippen LogP contribution >= 0.6 is 0 Å². The molecule has 5 N–H and O–H groups in total. The normalized spacial score (nSPS) is 16.7. The molecule has 1 amide bonds. The van der Waals surface area contributed by atoms with E-state index in [4.69, 9.17) is 11.5 Å². The van der Waals surface area contributed by atoms with Gasteiger partial charge in [-0.15, -0.1) is 0 Å². The Hall–Kier alpha value is -2.30. The van der Waals surface area contributed by atoms with Crippen molar-refractivity contribution in [1.29, 1.82) is 0 Å². The first kappa shape index (κ1) is 14.6. The van der Waals surface area contributed by atoms with E-state index in [0.29, 0.717) is 18.3 Å². The maximum Gasteiger partial charge on any atom is 0.218 e. The first-order valence-electron chi connectivity index (χ1n) is 7.82. The van der Waals surface area contributed by atoms with E-state index >= 15 is 0 Å². The standard InChI is InChI=1S/C17H22N4O/c18-16(22)9-14(11-4-1-2-5-11)12-6-3-7-13(8-12)15-10-20-17(19)21-15/h3,6-8,10-11,14H,1-2,4-5,9H2,(H2,18,22)(H3,19,20,21). The molecule has 116 valence electrons. The van der Waals surface area contributed by atoms with Gasteiger partial charge in [-0.1, -0.05) is 31.0 Å². The maximum atomic E-state index is 11.5. The lowest BCUT2D eigenvalue weighted by molar-refractivity contribution is -0.118. The molecule has 0 bridgehead atoms. The molecule has 3 rings (SSSR count). The third-order valence-corrected chi connectivity index (χ3v) is 4.61. The molecule has 5 heteroatoms. The van der Waals surface area contributed by atoms with E-state index in [2.05, 4.69) is 22.1 Å². The summed E-state index contributed by atoms with van der Waals surface area (Å²) >= 11 is 0. The minimum Gasteiger partial charge on any atom is -0.370 e. The summed E-state index contributed by atoms with van der Waals surface area (Å²) in [6.07, 6.45) is 7.00. The van der Waals surface area contributed by atoms with Crippen LogP contribution in [0.2, 0.25) is 0 Å². The van der Waals surface area contributed by atoms with E-state index in [1.165, 1.54) is 31.2 Å². The molecule has 1 aromatic heterocycles. The van der Waals surface area contributed by atoms with E-state index in [9.17, 15) is 4.79 Å². The number of hydrogen-bond acceptors (Lipinski definition) is 3. The third kappa shape index (κ3) is 3.13. The van der Waals surface area contributed by atoms with E-state index in [1.54, 1.807) is 6.20 Å². The van der Waals surface area contributed by atoms with Gasteiger partial charge in [0.15, 0.2) is 5.95 Å². The number of nitrogens with two attached hydrogens (primary N) is 2. The van der Waals surface area contributed by atoms with Gasteiger partial charge in [0.05, 0.1) is 11.9 Å². The molecule has 0 aliphatic heterocycles. The lowest BCUT2D eigenvalue weighted by Gasteiger charge is -2.23. The van der Waals surface area contributed by atoms with Crippen molar-refractivity contribution in [3.63, 3.8) is 0 Å². The lowest BCUT2D eigenvalue weighted by atomic mass is 9.81. The fourth-order valence-electron chi connectivity index (χ4n) is 3.55. The van der Waals surface area contributed by atoms with Crippen LogP contribution in [-0.4, -0.2) is 15.9 Å². The summed E-state index contributed by atoms with van der Waals surface area (Å²) in [7, 11) is 0. The summed E-state index contributed by atoms with van der Waals surface area (Å²) in [5, 5.41) is 0. The number of benzene rings is 1. The Morgan fingerprint density at radius 1 is 1.36 bits per heavy atom. The summed E-state index contributed by atoms with van der Waals surface area (Å²) in [5.41, 5.74) is 14.2. The maximum absolute atomic E-state index is 11.5. The number of amides is 1.